The van der Waals surface area contributed by atoms with Crippen molar-refractivity contribution in [1.82, 2.24) is 15.6 Å². The minimum Gasteiger partial charge on any atom is -0.502 e. The number of hydrogen-bond donors (Lipinski definition) is 3. The van der Waals surface area contributed by atoms with E-state index in [0.29, 0.717) is 19.1 Å². The molecular weight excluding hydrogens is 438 g/mol. The van der Waals surface area contributed by atoms with E-state index in [0.717, 1.165) is 34.2 Å². The molecule has 0 fully saturated rings. The quantitative estimate of drug-likeness (QED) is 0.347. The van der Waals surface area contributed by atoms with E-state index in [2.05, 4.69) is 42.5 Å². The fourth-order valence-electron chi connectivity index (χ4n) is 3.69. The molecule has 3 unspecified atom stereocenters. The van der Waals surface area contributed by atoms with Gasteiger partial charge in [0.1, 0.15) is 12.4 Å². The maximum Gasteiger partial charge on any atom is 0.404 e. The van der Waals surface area contributed by atoms with E-state index in [-0.39, 0.29) is 18.0 Å². The number of ether oxygens (including phenoxy) is 2. The van der Waals surface area contributed by atoms with Crippen LogP contribution in [0.4, 0.5) is 4.79 Å². The van der Waals surface area contributed by atoms with Crippen molar-refractivity contribution in [3.8, 4) is 5.75 Å². The number of hydrogen-bond acceptors (Lipinski definition) is 6. The fourth-order valence-corrected chi connectivity index (χ4v) is 4.29. The van der Waals surface area contributed by atoms with E-state index in [4.69, 9.17) is 9.47 Å². The van der Waals surface area contributed by atoms with Crippen molar-refractivity contribution in [2.45, 2.75) is 72.2 Å². The average molecular weight is 476 g/mol. The fraction of sp³-hybridized carbons (Fsp3) is 0.520. The predicted octanol–water partition coefficient (Wildman–Crippen LogP) is 5.15. The maximum absolute atomic E-state index is 11.5. The molecule has 7 nitrogen and oxygen atoms in total. The molecule has 0 aliphatic heterocycles. The Morgan fingerprint density at radius 1 is 1.24 bits per heavy atom. The Morgan fingerprint density at radius 3 is 2.48 bits per heavy atom. The Balaban J connectivity index is 2.03. The summed E-state index contributed by atoms with van der Waals surface area (Å²) in [5, 5.41) is 18.7. The molecule has 2 aromatic rings. The number of amides is 1. The highest BCUT2D eigenvalue weighted by atomic mass is 32.1. The van der Waals surface area contributed by atoms with Crippen LogP contribution in [0.25, 0.3) is 0 Å². The molecule has 182 valence electrons. The molecule has 0 aliphatic rings. The lowest BCUT2D eigenvalue weighted by molar-refractivity contribution is 0.183. The van der Waals surface area contributed by atoms with Crippen LogP contribution in [0.3, 0.4) is 0 Å². The minimum atomic E-state index is -1.01. The molecule has 1 amide bonds. The largest absolute Gasteiger partial charge is 0.502 e. The predicted molar refractivity (Wildman–Crippen MR) is 133 cm³/mol. The topological polar surface area (TPSA) is 92.7 Å². The lowest BCUT2D eigenvalue weighted by Crippen LogP contribution is -2.43. The van der Waals surface area contributed by atoms with Gasteiger partial charge in [0.05, 0.1) is 23.6 Å². The van der Waals surface area contributed by atoms with E-state index >= 15 is 0 Å². The number of nitrogens with one attached hydrogen (secondary N) is 2. The minimum absolute atomic E-state index is 0.0863. The van der Waals surface area contributed by atoms with Crippen LogP contribution in [0.2, 0.25) is 0 Å². The van der Waals surface area contributed by atoms with Crippen LogP contribution in [0.5, 0.6) is 5.75 Å². The van der Waals surface area contributed by atoms with Crippen LogP contribution in [-0.2, 0) is 17.8 Å². The number of nitrogens with zero attached hydrogens (tertiary/aromatic N) is 1. The first-order chi connectivity index (χ1) is 15.7. The summed E-state index contributed by atoms with van der Waals surface area (Å²) in [6, 6.07) is 7.99. The first kappa shape index (κ1) is 26.7. The second kappa shape index (κ2) is 13.2. The van der Waals surface area contributed by atoms with Gasteiger partial charge in [-0.2, -0.15) is 0 Å². The van der Waals surface area contributed by atoms with Gasteiger partial charge in [-0.25, -0.2) is 9.78 Å². The van der Waals surface area contributed by atoms with Crippen molar-refractivity contribution in [1.29, 1.82) is 0 Å². The summed E-state index contributed by atoms with van der Waals surface area (Å²) in [6.07, 6.45) is 2.42. The van der Waals surface area contributed by atoms with Gasteiger partial charge in [0, 0.05) is 23.5 Å². The summed E-state index contributed by atoms with van der Waals surface area (Å²) in [5.74, 6) is 1.70. The third-order valence-electron chi connectivity index (χ3n) is 5.36. The molecule has 33 heavy (non-hydrogen) atoms. The molecule has 1 aromatic carbocycles. The molecule has 0 saturated heterocycles. The SMILES string of the molecule is CO/C(C)=C/C(CC(C)C(Cc1ccc(OCc2csc(C)n2)cc1)NC(=O)O)NC(C)C. The summed E-state index contributed by atoms with van der Waals surface area (Å²) in [7, 11) is 1.65. The van der Waals surface area contributed by atoms with Crippen molar-refractivity contribution in [2.75, 3.05) is 7.11 Å². The van der Waals surface area contributed by atoms with Crippen molar-refractivity contribution < 1.29 is 19.4 Å². The maximum atomic E-state index is 11.5. The summed E-state index contributed by atoms with van der Waals surface area (Å²) in [4.78, 5) is 15.9. The zero-order valence-electron chi connectivity index (χ0n) is 20.4. The molecule has 0 aliphatic carbocycles. The lowest BCUT2D eigenvalue weighted by atomic mass is 9.89. The summed E-state index contributed by atoms with van der Waals surface area (Å²) in [6.45, 7) is 10.6. The molecule has 2 rings (SSSR count). The molecule has 1 heterocycles. The van der Waals surface area contributed by atoms with Crippen LogP contribution >= 0.6 is 11.3 Å². The van der Waals surface area contributed by atoms with Crippen LogP contribution in [0.15, 0.2) is 41.5 Å². The summed E-state index contributed by atoms with van der Waals surface area (Å²) in [5.41, 5.74) is 1.97. The van der Waals surface area contributed by atoms with Crippen molar-refractivity contribution >= 4 is 17.4 Å². The molecule has 1 aromatic heterocycles. The molecule has 0 saturated carbocycles. The molecule has 3 N–H and O–H groups in total. The summed E-state index contributed by atoms with van der Waals surface area (Å²) < 4.78 is 11.1. The van der Waals surface area contributed by atoms with E-state index in [1.54, 1.807) is 18.4 Å². The Hall–Kier alpha value is -2.58. The Kier molecular flexibility index (Phi) is 10.7. The number of aromatic nitrogens is 1. The number of benzene rings is 1. The van der Waals surface area contributed by atoms with E-state index in [1.807, 2.05) is 43.5 Å². The van der Waals surface area contributed by atoms with Crippen LogP contribution in [0.1, 0.15) is 50.4 Å². The molecule has 8 heteroatoms. The molecular formula is C25H37N3O4S. The molecule has 0 radical (unpaired) electrons. The van der Waals surface area contributed by atoms with E-state index in [9.17, 15) is 9.90 Å². The number of thiazole rings is 1. The Bertz CT molecular complexity index is 895. The lowest BCUT2D eigenvalue weighted by Gasteiger charge is -2.28. The van der Waals surface area contributed by atoms with E-state index in [1.165, 1.54) is 0 Å². The first-order valence-corrected chi connectivity index (χ1v) is 12.1. The average Bonchev–Trinajstić information content (AvgIpc) is 3.16. The van der Waals surface area contributed by atoms with Crippen LogP contribution < -0.4 is 15.4 Å². The van der Waals surface area contributed by atoms with Crippen molar-refractivity contribution in [3.63, 3.8) is 0 Å². The third kappa shape index (κ3) is 9.84. The second-order valence-electron chi connectivity index (χ2n) is 8.67. The Morgan fingerprint density at radius 2 is 1.94 bits per heavy atom. The zero-order chi connectivity index (χ0) is 24.4. The van der Waals surface area contributed by atoms with Gasteiger partial charge in [0.25, 0.3) is 0 Å². The molecule has 0 bridgehead atoms. The third-order valence-corrected chi connectivity index (χ3v) is 6.18. The molecule has 3 atom stereocenters. The van der Waals surface area contributed by atoms with Gasteiger partial charge in [-0.1, -0.05) is 32.9 Å². The zero-order valence-corrected chi connectivity index (χ0v) is 21.2. The highest BCUT2D eigenvalue weighted by molar-refractivity contribution is 7.09. The van der Waals surface area contributed by atoms with Crippen LogP contribution in [-0.4, -0.2) is 41.4 Å². The smallest absolute Gasteiger partial charge is 0.404 e. The van der Waals surface area contributed by atoms with Gasteiger partial charge >= 0.3 is 6.09 Å². The normalized spacial score (nSPS) is 14.6. The number of allylic oxidation sites excluding steroid dienone is 1. The number of rotatable bonds is 13. The first-order valence-electron chi connectivity index (χ1n) is 11.3. The standard InChI is InChI=1S/C25H37N3O4S/c1-16(2)26-21(12-18(4)31-6)11-17(3)24(28-25(29)30)13-20-7-9-23(10-8-20)32-14-22-15-33-19(5)27-22/h7-10,12,15-17,21,24,26,28H,11,13-14H2,1-6H3,(H,29,30)/b18-12+. The Labute approximate surface area is 201 Å². The number of carboxylic acid groups (broad SMARTS) is 1. The highest BCUT2D eigenvalue weighted by Crippen LogP contribution is 2.21. The van der Waals surface area contributed by atoms with Gasteiger partial charge in [0.2, 0.25) is 0 Å². The van der Waals surface area contributed by atoms with Gasteiger partial charge in [-0.3, -0.25) is 0 Å². The van der Waals surface area contributed by atoms with Gasteiger partial charge in [-0.05, 0) is 56.4 Å². The van der Waals surface area contributed by atoms with Gasteiger partial charge in [0.15, 0.2) is 0 Å². The number of carbonyl (C=O) groups is 1. The van der Waals surface area contributed by atoms with Gasteiger partial charge in [-0.15, -0.1) is 11.3 Å². The molecule has 0 spiro atoms. The van der Waals surface area contributed by atoms with Crippen LogP contribution in [0, 0.1) is 12.8 Å². The van der Waals surface area contributed by atoms with Gasteiger partial charge < -0.3 is 25.2 Å². The highest BCUT2D eigenvalue weighted by Gasteiger charge is 2.23. The number of aryl methyl sites for hydroxylation is 1. The number of methoxy groups -OCH3 is 1. The summed E-state index contributed by atoms with van der Waals surface area (Å²) >= 11 is 1.61. The van der Waals surface area contributed by atoms with Crippen molar-refractivity contribution in [3.05, 3.63) is 57.7 Å². The van der Waals surface area contributed by atoms with Crippen molar-refractivity contribution in [2.24, 2.45) is 5.92 Å². The van der Waals surface area contributed by atoms with E-state index < -0.39 is 6.09 Å². The monoisotopic (exact) mass is 475 g/mol. The second-order valence-corrected chi connectivity index (χ2v) is 9.74.